The summed E-state index contributed by atoms with van der Waals surface area (Å²) in [5.74, 6) is -0.834. The number of nitrogens with one attached hydrogen (secondary N) is 1. The van der Waals surface area contributed by atoms with Crippen LogP contribution >= 0.6 is 11.6 Å². The van der Waals surface area contributed by atoms with E-state index < -0.39 is 12.1 Å². The van der Waals surface area contributed by atoms with E-state index in [1.54, 1.807) is 49.4 Å². The van der Waals surface area contributed by atoms with Gasteiger partial charge in [0.25, 0.3) is 5.91 Å². The summed E-state index contributed by atoms with van der Waals surface area (Å²) in [6.07, 6.45) is -0.477. The molecule has 114 valence electrons. The van der Waals surface area contributed by atoms with Crippen LogP contribution in [0.3, 0.4) is 0 Å². The minimum atomic E-state index is -0.517. The van der Waals surface area contributed by atoms with E-state index in [9.17, 15) is 9.59 Å². The molecule has 0 fully saturated rings. The molecule has 0 aromatic heterocycles. The molecule has 0 spiro atoms. The zero-order chi connectivity index (χ0) is 15.9. The smallest absolute Gasteiger partial charge is 0.326 e. The standard InChI is InChI=1S/C17H16ClNO3/c1-12(14-9-5-6-10-15(14)18)22-16(20)11-19-17(21)13-7-3-2-4-8-13/h2-10,12H,11H2,1H3,(H,19,21)/t12-/m1/s1. The number of hydrogen-bond acceptors (Lipinski definition) is 3. The molecule has 1 atom stereocenters. The molecule has 0 heterocycles. The quantitative estimate of drug-likeness (QED) is 0.860. The molecule has 1 amide bonds. The van der Waals surface area contributed by atoms with Gasteiger partial charge in [-0.3, -0.25) is 9.59 Å². The Morgan fingerprint density at radius 1 is 1.09 bits per heavy atom. The van der Waals surface area contributed by atoms with Gasteiger partial charge in [-0.1, -0.05) is 48.0 Å². The fourth-order valence-electron chi connectivity index (χ4n) is 1.95. The minimum Gasteiger partial charge on any atom is -0.456 e. The van der Waals surface area contributed by atoms with Gasteiger partial charge in [0.15, 0.2) is 0 Å². The third kappa shape index (κ3) is 4.33. The van der Waals surface area contributed by atoms with Gasteiger partial charge in [-0.15, -0.1) is 0 Å². The summed E-state index contributed by atoms with van der Waals surface area (Å²) in [6.45, 7) is 1.54. The first-order chi connectivity index (χ1) is 10.6. The summed E-state index contributed by atoms with van der Waals surface area (Å²) < 4.78 is 5.27. The monoisotopic (exact) mass is 317 g/mol. The van der Waals surface area contributed by atoms with Crippen molar-refractivity contribution in [3.63, 3.8) is 0 Å². The Bertz CT molecular complexity index is 658. The molecule has 0 bridgehead atoms. The molecule has 2 rings (SSSR count). The normalized spacial score (nSPS) is 11.5. The number of carbonyl (C=O) groups is 2. The molecule has 22 heavy (non-hydrogen) atoms. The Kier molecular flexibility index (Phi) is 5.55. The second-order valence-corrected chi connectivity index (χ2v) is 5.11. The van der Waals surface area contributed by atoms with Crippen molar-refractivity contribution < 1.29 is 14.3 Å². The number of esters is 1. The Morgan fingerprint density at radius 3 is 2.41 bits per heavy atom. The predicted octanol–water partition coefficient (Wildman–Crippen LogP) is 3.37. The summed E-state index contributed by atoms with van der Waals surface area (Å²) in [7, 11) is 0. The van der Waals surface area contributed by atoms with Crippen molar-refractivity contribution in [2.45, 2.75) is 13.0 Å². The van der Waals surface area contributed by atoms with Crippen molar-refractivity contribution in [3.8, 4) is 0 Å². The van der Waals surface area contributed by atoms with Crippen molar-refractivity contribution in [2.75, 3.05) is 6.54 Å². The van der Waals surface area contributed by atoms with E-state index in [2.05, 4.69) is 5.32 Å². The van der Waals surface area contributed by atoms with Gasteiger partial charge in [-0.05, 0) is 25.1 Å². The van der Waals surface area contributed by atoms with Crippen molar-refractivity contribution >= 4 is 23.5 Å². The average Bonchev–Trinajstić information content (AvgIpc) is 2.53. The molecule has 0 aliphatic rings. The highest BCUT2D eigenvalue weighted by atomic mass is 35.5. The summed E-state index contributed by atoms with van der Waals surface area (Å²) >= 11 is 6.05. The molecule has 5 heteroatoms. The second-order valence-electron chi connectivity index (χ2n) is 4.70. The largest absolute Gasteiger partial charge is 0.456 e. The van der Waals surface area contributed by atoms with Gasteiger partial charge in [0.2, 0.25) is 0 Å². The van der Waals surface area contributed by atoms with Crippen LogP contribution in [0.1, 0.15) is 28.9 Å². The highest BCUT2D eigenvalue weighted by Crippen LogP contribution is 2.24. The summed E-state index contributed by atoms with van der Waals surface area (Å²) in [4.78, 5) is 23.6. The van der Waals surface area contributed by atoms with E-state index in [0.717, 1.165) is 5.56 Å². The highest BCUT2D eigenvalue weighted by molar-refractivity contribution is 6.31. The van der Waals surface area contributed by atoms with Gasteiger partial charge in [0, 0.05) is 16.1 Å². The lowest BCUT2D eigenvalue weighted by Crippen LogP contribution is -2.31. The average molecular weight is 318 g/mol. The van der Waals surface area contributed by atoms with E-state index in [1.165, 1.54) is 0 Å². The van der Waals surface area contributed by atoms with Crippen LogP contribution in [0.15, 0.2) is 54.6 Å². The van der Waals surface area contributed by atoms with Gasteiger partial charge in [0.05, 0.1) is 0 Å². The first kappa shape index (κ1) is 16.0. The van der Waals surface area contributed by atoms with E-state index in [1.807, 2.05) is 12.1 Å². The first-order valence-corrected chi connectivity index (χ1v) is 7.23. The van der Waals surface area contributed by atoms with Crippen LogP contribution in [0.4, 0.5) is 0 Å². The Morgan fingerprint density at radius 2 is 1.73 bits per heavy atom. The summed E-state index contributed by atoms with van der Waals surface area (Å²) in [5, 5.41) is 3.06. The highest BCUT2D eigenvalue weighted by Gasteiger charge is 2.15. The number of ether oxygens (including phenoxy) is 1. The summed E-state index contributed by atoms with van der Waals surface area (Å²) in [6, 6.07) is 15.8. The SMILES string of the molecule is C[C@@H](OC(=O)CNC(=O)c1ccccc1)c1ccccc1Cl. The fraction of sp³-hybridized carbons (Fsp3) is 0.176. The molecule has 0 unspecified atom stereocenters. The third-order valence-electron chi connectivity index (χ3n) is 3.08. The molecule has 4 nitrogen and oxygen atoms in total. The van der Waals surface area contributed by atoms with Gasteiger partial charge in [0.1, 0.15) is 12.6 Å². The molecular formula is C17H16ClNO3. The molecule has 2 aromatic carbocycles. The van der Waals surface area contributed by atoms with Crippen LogP contribution in [0.5, 0.6) is 0 Å². The molecule has 0 aliphatic carbocycles. The van der Waals surface area contributed by atoms with Crippen LogP contribution in [0.2, 0.25) is 5.02 Å². The van der Waals surface area contributed by atoms with E-state index in [4.69, 9.17) is 16.3 Å². The number of amides is 1. The minimum absolute atomic E-state index is 0.192. The lowest BCUT2D eigenvalue weighted by molar-refractivity contribution is -0.147. The van der Waals surface area contributed by atoms with Gasteiger partial charge < -0.3 is 10.1 Å². The molecule has 0 radical (unpaired) electrons. The van der Waals surface area contributed by atoms with Crippen molar-refractivity contribution in [1.29, 1.82) is 0 Å². The first-order valence-electron chi connectivity index (χ1n) is 6.85. The number of carbonyl (C=O) groups excluding carboxylic acids is 2. The lowest BCUT2D eigenvalue weighted by atomic mass is 10.1. The van der Waals surface area contributed by atoms with Crippen LogP contribution in [0, 0.1) is 0 Å². The fourth-order valence-corrected chi connectivity index (χ4v) is 2.24. The van der Waals surface area contributed by atoms with Gasteiger partial charge in [-0.2, -0.15) is 0 Å². The Labute approximate surface area is 134 Å². The summed E-state index contributed by atoms with van der Waals surface area (Å²) in [5.41, 5.74) is 1.22. The van der Waals surface area contributed by atoms with Crippen molar-refractivity contribution in [3.05, 3.63) is 70.7 Å². The Balaban J connectivity index is 1.86. The van der Waals surface area contributed by atoms with Crippen LogP contribution in [0.25, 0.3) is 0 Å². The zero-order valence-electron chi connectivity index (χ0n) is 12.1. The molecule has 0 saturated heterocycles. The maximum atomic E-state index is 11.8. The van der Waals surface area contributed by atoms with E-state index in [0.29, 0.717) is 10.6 Å². The Hall–Kier alpha value is -2.33. The van der Waals surface area contributed by atoms with Gasteiger partial charge >= 0.3 is 5.97 Å². The zero-order valence-corrected chi connectivity index (χ0v) is 12.8. The second kappa shape index (κ2) is 7.61. The topological polar surface area (TPSA) is 55.4 Å². The number of hydrogen-bond donors (Lipinski definition) is 1. The number of halogens is 1. The maximum Gasteiger partial charge on any atom is 0.326 e. The number of benzene rings is 2. The van der Waals surface area contributed by atoms with Crippen LogP contribution in [-0.4, -0.2) is 18.4 Å². The number of rotatable bonds is 5. The van der Waals surface area contributed by atoms with Crippen molar-refractivity contribution in [1.82, 2.24) is 5.32 Å². The molecular weight excluding hydrogens is 302 g/mol. The predicted molar refractivity (Wildman–Crippen MR) is 84.7 cm³/mol. The lowest BCUT2D eigenvalue weighted by Gasteiger charge is -2.15. The third-order valence-corrected chi connectivity index (χ3v) is 3.42. The van der Waals surface area contributed by atoms with Crippen molar-refractivity contribution in [2.24, 2.45) is 0 Å². The maximum absolute atomic E-state index is 11.8. The van der Waals surface area contributed by atoms with Gasteiger partial charge in [-0.25, -0.2) is 0 Å². The molecule has 1 N–H and O–H groups in total. The molecule has 2 aromatic rings. The van der Waals surface area contributed by atoms with E-state index >= 15 is 0 Å². The van der Waals surface area contributed by atoms with Crippen LogP contribution < -0.4 is 5.32 Å². The van der Waals surface area contributed by atoms with Crippen LogP contribution in [-0.2, 0) is 9.53 Å². The molecule has 0 aliphatic heterocycles. The van der Waals surface area contributed by atoms with E-state index in [-0.39, 0.29) is 12.5 Å². The molecule has 0 saturated carbocycles.